The topological polar surface area (TPSA) is 41.6 Å². The second-order valence-electron chi connectivity index (χ2n) is 10.4. The van der Waals surface area contributed by atoms with E-state index in [9.17, 15) is 4.79 Å². The zero-order valence-corrected chi connectivity index (χ0v) is 21.5. The van der Waals surface area contributed by atoms with Crippen LogP contribution >= 0.6 is 0 Å². The fourth-order valence-electron chi connectivity index (χ4n) is 2.81. The molecule has 0 aromatic heterocycles. The third-order valence-corrected chi connectivity index (χ3v) is 12.9. The standard InChI is InChI=1S/C15H40N2O2Si4/c1-20(2,3)16-14(15(18)19-23(10,11)12)13-17(21(4,5)6)22(7,8)9/h14,16H,13H2,1-12H3. The van der Waals surface area contributed by atoms with Gasteiger partial charge in [0.1, 0.15) is 30.7 Å². The summed E-state index contributed by atoms with van der Waals surface area (Å²) in [7, 11) is -6.43. The van der Waals surface area contributed by atoms with Crippen LogP contribution in [0.3, 0.4) is 0 Å². The van der Waals surface area contributed by atoms with Crippen molar-refractivity contribution in [2.75, 3.05) is 6.54 Å². The highest BCUT2D eigenvalue weighted by Crippen LogP contribution is 2.21. The van der Waals surface area contributed by atoms with Gasteiger partial charge in [-0.1, -0.05) is 58.9 Å². The number of nitrogens with zero attached hydrogens (tertiary/aromatic N) is 1. The molecule has 0 aromatic rings. The molecule has 0 heterocycles. The Morgan fingerprint density at radius 3 is 1.52 bits per heavy atom. The third kappa shape index (κ3) is 9.98. The molecule has 0 fully saturated rings. The molecule has 0 rings (SSSR count). The Hall–Kier alpha value is 0.258. The van der Waals surface area contributed by atoms with Gasteiger partial charge in [-0.3, -0.25) is 4.79 Å². The van der Waals surface area contributed by atoms with Crippen molar-refractivity contribution >= 4 is 39.0 Å². The normalized spacial score (nSPS) is 15.7. The molecule has 23 heavy (non-hydrogen) atoms. The van der Waals surface area contributed by atoms with Crippen LogP contribution in [0.2, 0.25) is 78.6 Å². The first-order chi connectivity index (χ1) is 9.83. The third-order valence-electron chi connectivity index (χ3n) is 3.28. The molecule has 8 heteroatoms. The highest BCUT2D eigenvalue weighted by molar-refractivity contribution is 6.89. The summed E-state index contributed by atoms with van der Waals surface area (Å²) in [6, 6.07) is -0.202. The van der Waals surface area contributed by atoms with E-state index in [0.29, 0.717) is 0 Å². The van der Waals surface area contributed by atoms with Crippen molar-refractivity contribution in [1.29, 1.82) is 0 Å². The molecule has 4 nitrogen and oxygen atoms in total. The summed E-state index contributed by atoms with van der Waals surface area (Å²) in [4.78, 5) is 16.4. The highest BCUT2D eigenvalue weighted by atomic mass is 28.4. The van der Waals surface area contributed by atoms with E-state index < -0.39 is 33.0 Å². The van der Waals surface area contributed by atoms with Crippen LogP contribution in [0, 0.1) is 0 Å². The summed E-state index contributed by atoms with van der Waals surface area (Å²) in [5, 5.41) is 0. The maximum absolute atomic E-state index is 12.8. The fourth-order valence-corrected chi connectivity index (χ4v) is 14.3. The van der Waals surface area contributed by atoms with E-state index in [2.05, 4.69) is 87.8 Å². The number of nitrogens with one attached hydrogen (secondary N) is 1. The Kier molecular flexibility index (Phi) is 7.74. The van der Waals surface area contributed by atoms with Crippen LogP contribution in [0.25, 0.3) is 0 Å². The van der Waals surface area contributed by atoms with Gasteiger partial charge in [0.15, 0.2) is 0 Å². The van der Waals surface area contributed by atoms with E-state index in [0.717, 1.165) is 6.54 Å². The van der Waals surface area contributed by atoms with Gasteiger partial charge in [-0.2, -0.15) is 0 Å². The molecule has 0 radical (unpaired) electrons. The van der Waals surface area contributed by atoms with Gasteiger partial charge in [0.2, 0.25) is 8.32 Å². The van der Waals surface area contributed by atoms with Gasteiger partial charge in [-0.05, 0) is 19.6 Å². The average Bonchev–Trinajstić information content (AvgIpc) is 2.15. The molecule has 0 aliphatic heterocycles. The molecule has 0 bridgehead atoms. The SMILES string of the molecule is C[Si](C)(C)NC(CN([Si](C)(C)C)[Si](C)(C)C)C(=O)O[Si](C)(C)C. The fraction of sp³-hybridized carbons (Fsp3) is 0.933. The van der Waals surface area contributed by atoms with Crippen LogP contribution < -0.4 is 4.98 Å². The molecule has 0 saturated carbocycles. The smallest absolute Gasteiger partial charge is 0.310 e. The lowest BCUT2D eigenvalue weighted by Gasteiger charge is -2.46. The van der Waals surface area contributed by atoms with Crippen LogP contribution in [0.5, 0.6) is 0 Å². The van der Waals surface area contributed by atoms with Gasteiger partial charge >= 0.3 is 5.97 Å². The molecule has 0 amide bonds. The second-order valence-corrected chi connectivity index (χ2v) is 29.9. The Labute approximate surface area is 148 Å². The zero-order valence-electron chi connectivity index (χ0n) is 17.5. The monoisotopic (exact) mass is 392 g/mol. The van der Waals surface area contributed by atoms with E-state index in [4.69, 9.17) is 4.43 Å². The minimum atomic E-state index is -1.87. The second kappa shape index (κ2) is 7.65. The Bertz CT molecular complexity index is 390. The summed E-state index contributed by atoms with van der Waals surface area (Å²) in [6.07, 6.45) is 0. The number of carbonyl (C=O) groups is 1. The molecule has 0 aliphatic rings. The number of hydrogen-bond acceptors (Lipinski definition) is 4. The Balaban J connectivity index is 5.47. The predicted molar refractivity (Wildman–Crippen MR) is 113 cm³/mol. The summed E-state index contributed by atoms with van der Waals surface area (Å²) < 4.78 is 8.51. The quantitative estimate of drug-likeness (QED) is 0.631. The molecular formula is C15H40N2O2Si4. The zero-order chi connectivity index (χ0) is 18.9. The number of hydrogen-bond donors (Lipinski definition) is 1. The summed E-state index contributed by atoms with van der Waals surface area (Å²) >= 11 is 0. The van der Waals surface area contributed by atoms with E-state index >= 15 is 0 Å². The highest BCUT2D eigenvalue weighted by Gasteiger charge is 2.39. The first-order valence-corrected chi connectivity index (χ1v) is 22.4. The van der Waals surface area contributed by atoms with Crippen LogP contribution in [0.1, 0.15) is 0 Å². The van der Waals surface area contributed by atoms with Gasteiger partial charge in [-0.15, -0.1) is 0 Å². The molecule has 1 N–H and O–H groups in total. The Morgan fingerprint density at radius 1 is 0.870 bits per heavy atom. The molecule has 1 atom stereocenters. The van der Waals surface area contributed by atoms with Crippen molar-refractivity contribution in [2.45, 2.75) is 84.6 Å². The molecule has 0 aliphatic carbocycles. The van der Waals surface area contributed by atoms with Gasteiger partial charge in [0.25, 0.3) is 0 Å². The largest absolute Gasteiger partial charge is 0.519 e. The van der Waals surface area contributed by atoms with Crippen LogP contribution in [-0.2, 0) is 9.22 Å². The average molecular weight is 393 g/mol. The van der Waals surface area contributed by atoms with Gasteiger partial charge in [0.05, 0.1) is 0 Å². The number of carbonyl (C=O) groups excluding carboxylic acids is 1. The molecule has 1 unspecified atom stereocenters. The van der Waals surface area contributed by atoms with E-state index in [1.165, 1.54) is 0 Å². The van der Waals surface area contributed by atoms with Crippen molar-refractivity contribution in [2.24, 2.45) is 0 Å². The van der Waals surface area contributed by atoms with E-state index in [-0.39, 0.29) is 12.0 Å². The van der Waals surface area contributed by atoms with E-state index in [1.807, 2.05) is 0 Å². The maximum Gasteiger partial charge on any atom is 0.310 e. The van der Waals surface area contributed by atoms with Crippen molar-refractivity contribution in [3.63, 3.8) is 0 Å². The van der Waals surface area contributed by atoms with Crippen molar-refractivity contribution in [1.82, 2.24) is 9.21 Å². The maximum atomic E-state index is 12.8. The lowest BCUT2D eigenvalue weighted by atomic mass is 10.3. The molecule has 0 aromatic carbocycles. The minimum Gasteiger partial charge on any atom is -0.519 e. The van der Waals surface area contributed by atoms with E-state index in [1.54, 1.807) is 0 Å². The van der Waals surface area contributed by atoms with Crippen LogP contribution in [0.4, 0.5) is 0 Å². The van der Waals surface area contributed by atoms with Crippen molar-refractivity contribution < 1.29 is 9.22 Å². The molecule has 0 spiro atoms. The molecule has 138 valence electrons. The van der Waals surface area contributed by atoms with Crippen molar-refractivity contribution in [3.8, 4) is 0 Å². The van der Waals surface area contributed by atoms with Crippen LogP contribution in [-0.4, -0.2) is 55.8 Å². The van der Waals surface area contributed by atoms with Gasteiger partial charge < -0.3 is 13.6 Å². The molecular weight excluding hydrogens is 353 g/mol. The predicted octanol–water partition coefficient (Wildman–Crippen LogP) is 4.13. The number of rotatable bonds is 8. The van der Waals surface area contributed by atoms with Gasteiger partial charge in [0, 0.05) is 6.54 Å². The minimum absolute atomic E-state index is 0.0481. The lowest BCUT2D eigenvalue weighted by molar-refractivity contribution is -0.137. The molecule has 0 saturated heterocycles. The first kappa shape index (κ1) is 23.3. The summed E-state index contributed by atoms with van der Waals surface area (Å²) in [6.45, 7) is 28.0. The summed E-state index contributed by atoms with van der Waals surface area (Å²) in [5.74, 6) is -0.0481. The Morgan fingerprint density at radius 2 is 1.26 bits per heavy atom. The van der Waals surface area contributed by atoms with Crippen LogP contribution in [0.15, 0.2) is 0 Å². The van der Waals surface area contributed by atoms with Gasteiger partial charge in [-0.25, -0.2) is 0 Å². The first-order valence-electron chi connectivity index (χ1n) is 8.61. The lowest BCUT2D eigenvalue weighted by Crippen LogP contribution is -2.66. The summed E-state index contributed by atoms with van der Waals surface area (Å²) in [5.41, 5.74) is 0. The van der Waals surface area contributed by atoms with Crippen molar-refractivity contribution in [3.05, 3.63) is 0 Å².